The molecule has 3 N–H and O–H groups in total. The van der Waals surface area contributed by atoms with Crippen LogP contribution in [0.5, 0.6) is 5.75 Å². The van der Waals surface area contributed by atoms with E-state index in [1.165, 1.54) is 18.2 Å². The highest BCUT2D eigenvalue weighted by Gasteiger charge is 2.44. The first kappa shape index (κ1) is 21.6. The maximum Gasteiger partial charge on any atom is 0.243 e. The number of fused-ring (bicyclic) bond motifs is 1. The number of likely N-dealkylation sites (N-methyl/N-ethyl adjacent to an activating group) is 1. The number of rotatable bonds is 4. The number of piperazine rings is 1. The number of ether oxygens (including phenoxy) is 1. The van der Waals surface area contributed by atoms with Gasteiger partial charge in [-0.25, -0.2) is 20.3 Å². The number of hydrogen-bond donors (Lipinski definition) is 3. The van der Waals surface area contributed by atoms with E-state index < -0.39 is 5.82 Å². The number of amides is 2. The van der Waals surface area contributed by atoms with E-state index in [1.807, 2.05) is 31.3 Å². The maximum absolute atomic E-state index is 14.7. The van der Waals surface area contributed by atoms with Gasteiger partial charge < -0.3 is 14.5 Å². The molecular weight excluding hydrogens is 427 g/mol. The van der Waals surface area contributed by atoms with E-state index in [4.69, 9.17) is 4.74 Å². The van der Waals surface area contributed by atoms with Gasteiger partial charge in [0.2, 0.25) is 11.8 Å². The number of halogens is 1. The van der Waals surface area contributed by atoms with Crippen LogP contribution in [0, 0.1) is 5.82 Å². The Morgan fingerprint density at radius 3 is 2.55 bits per heavy atom. The highest BCUT2D eigenvalue weighted by atomic mass is 19.1. The van der Waals surface area contributed by atoms with Crippen molar-refractivity contribution in [1.82, 2.24) is 21.2 Å². The molecular formula is C23H27FN6O3. The number of benzene rings is 2. The molecule has 10 heteroatoms. The van der Waals surface area contributed by atoms with Gasteiger partial charge in [0, 0.05) is 38.3 Å². The summed E-state index contributed by atoms with van der Waals surface area (Å²) < 4.78 is 20.0. The van der Waals surface area contributed by atoms with Crippen molar-refractivity contribution in [2.24, 2.45) is 0 Å². The fraction of sp³-hybridized carbons (Fsp3) is 0.391. The molecule has 9 nitrogen and oxygen atoms in total. The van der Waals surface area contributed by atoms with Crippen LogP contribution in [-0.4, -0.2) is 62.6 Å². The molecule has 0 aliphatic carbocycles. The van der Waals surface area contributed by atoms with Crippen molar-refractivity contribution >= 4 is 23.2 Å². The maximum atomic E-state index is 14.7. The molecule has 0 spiro atoms. The number of nitrogens with zero attached hydrogens (tertiary/aromatic N) is 3. The van der Waals surface area contributed by atoms with E-state index in [0.717, 1.165) is 17.8 Å². The Hall–Kier alpha value is -3.21. The lowest BCUT2D eigenvalue weighted by molar-refractivity contribution is -0.129. The summed E-state index contributed by atoms with van der Waals surface area (Å²) in [6.45, 7) is 1.86. The Kier molecular flexibility index (Phi) is 5.65. The standard InChI is InChI=1S/C23H27FN6O3/c1-28-10-11-29(13-20(28)32)15-8-6-14(7-9-15)21-22-17(25-26-21)12-19(31)30(27-22)23-16(24)4-3-5-18(23)33-2/h3-9,17,21-22,25-27H,10-13H2,1-2H3. The fourth-order valence-electron chi connectivity index (χ4n) is 4.68. The molecule has 5 rings (SSSR count). The summed E-state index contributed by atoms with van der Waals surface area (Å²) in [5.74, 6) is -0.384. The highest BCUT2D eigenvalue weighted by Crippen LogP contribution is 2.35. The lowest BCUT2D eigenvalue weighted by Crippen LogP contribution is -2.60. The van der Waals surface area contributed by atoms with Crippen molar-refractivity contribution in [3.63, 3.8) is 0 Å². The van der Waals surface area contributed by atoms with Gasteiger partial charge in [-0.3, -0.25) is 15.0 Å². The minimum atomic E-state index is -0.532. The second-order valence-electron chi connectivity index (χ2n) is 8.58. The van der Waals surface area contributed by atoms with Gasteiger partial charge in [0.05, 0.1) is 25.7 Å². The summed E-state index contributed by atoms with van der Waals surface area (Å²) in [6.07, 6.45) is 0.208. The summed E-state index contributed by atoms with van der Waals surface area (Å²) in [6, 6.07) is 12.1. The average molecular weight is 455 g/mol. The van der Waals surface area contributed by atoms with Crippen LogP contribution in [-0.2, 0) is 9.59 Å². The number of nitrogens with one attached hydrogen (secondary N) is 3. The van der Waals surface area contributed by atoms with E-state index in [2.05, 4.69) is 21.2 Å². The van der Waals surface area contributed by atoms with E-state index >= 15 is 0 Å². The third kappa shape index (κ3) is 3.90. The Balaban J connectivity index is 1.36. The van der Waals surface area contributed by atoms with Crippen LogP contribution in [0.25, 0.3) is 0 Å². The molecule has 3 atom stereocenters. The number of para-hydroxylation sites is 1. The van der Waals surface area contributed by atoms with E-state index in [1.54, 1.807) is 17.0 Å². The first-order valence-electron chi connectivity index (χ1n) is 11.0. The number of hydrogen-bond acceptors (Lipinski definition) is 7. The monoisotopic (exact) mass is 454 g/mol. The zero-order valence-corrected chi connectivity index (χ0v) is 18.5. The summed E-state index contributed by atoms with van der Waals surface area (Å²) >= 11 is 0. The molecule has 0 radical (unpaired) electrons. The molecule has 0 aromatic heterocycles. The van der Waals surface area contributed by atoms with Crippen molar-refractivity contribution in [1.29, 1.82) is 0 Å². The van der Waals surface area contributed by atoms with Crippen molar-refractivity contribution in [3.05, 3.63) is 53.8 Å². The molecule has 3 saturated heterocycles. The number of anilines is 2. The van der Waals surface area contributed by atoms with E-state index in [9.17, 15) is 14.0 Å². The van der Waals surface area contributed by atoms with Crippen molar-refractivity contribution in [2.45, 2.75) is 24.5 Å². The number of hydrazine groups is 2. The molecule has 0 bridgehead atoms. The van der Waals surface area contributed by atoms with Gasteiger partial charge >= 0.3 is 0 Å². The number of carbonyl (C=O) groups is 2. The molecule has 3 fully saturated rings. The van der Waals surface area contributed by atoms with Crippen LogP contribution in [0.1, 0.15) is 18.0 Å². The Morgan fingerprint density at radius 2 is 1.82 bits per heavy atom. The van der Waals surface area contributed by atoms with Gasteiger partial charge in [0.1, 0.15) is 11.4 Å². The normalized spacial score (nSPS) is 25.4. The average Bonchev–Trinajstić information content (AvgIpc) is 3.23. The molecule has 3 heterocycles. The molecule has 3 aliphatic heterocycles. The Morgan fingerprint density at radius 1 is 1.03 bits per heavy atom. The zero-order chi connectivity index (χ0) is 23.1. The predicted molar refractivity (Wildman–Crippen MR) is 121 cm³/mol. The SMILES string of the molecule is COc1cccc(F)c1N1NC2C(CC1=O)NNC2c1ccc(N2CCN(C)C(=O)C2)cc1. The molecule has 2 amide bonds. The molecule has 0 saturated carbocycles. The van der Waals surface area contributed by atoms with Gasteiger partial charge in [0.15, 0.2) is 5.82 Å². The van der Waals surface area contributed by atoms with Crippen molar-refractivity contribution in [2.75, 3.05) is 43.7 Å². The second-order valence-corrected chi connectivity index (χ2v) is 8.58. The highest BCUT2D eigenvalue weighted by molar-refractivity contribution is 5.95. The summed E-state index contributed by atoms with van der Waals surface area (Å²) in [7, 11) is 3.27. The molecule has 3 aliphatic rings. The Labute approximate surface area is 191 Å². The third-order valence-corrected chi connectivity index (χ3v) is 6.61. The van der Waals surface area contributed by atoms with Crippen LogP contribution in [0.3, 0.4) is 0 Å². The van der Waals surface area contributed by atoms with Gasteiger partial charge in [-0.15, -0.1) is 0 Å². The Bertz CT molecular complexity index is 1060. The zero-order valence-electron chi connectivity index (χ0n) is 18.5. The van der Waals surface area contributed by atoms with Crippen molar-refractivity contribution in [3.8, 4) is 5.75 Å². The van der Waals surface area contributed by atoms with Crippen LogP contribution < -0.4 is 30.9 Å². The molecule has 2 aromatic carbocycles. The third-order valence-electron chi connectivity index (χ3n) is 6.61. The van der Waals surface area contributed by atoms with Crippen LogP contribution in [0.15, 0.2) is 42.5 Å². The van der Waals surface area contributed by atoms with E-state index in [-0.39, 0.29) is 47.8 Å². The number of methoxy groups -OCH3 is 1. The summed E-state index contributed by atoms with van der Waals surface area (Å²) in [5, 5.41) is 1.27. The van der Waals surface area contributed by atoms with Crippen LogP contribution in [0.4, 0.5) is 15.8 Å². The minimum absolute atomic E-state index is 0.0872. The number of carbonyl (C=O) groups excluding carboxylic acids is 2. The van der Waals surface area contributed by atoms with Gasteiger partial charge in [-0.2, -0.15) is 0 Å². The minimum Gasteiger partial charge on any atom is -0.494 e. The fourth-order valence-corrected chi connectivity index (χ4v) is 4.68. The van der Waals surface area contributed by atoms with Crippen LogP contribution >= 0.6 is 0 Å². The van der Waals surface area contributed by atoms with Crippen LogP contribution in [0.2, 0.25) is 0 Å². The smallest absolute Gasteiger partial charge is 0.243 e. The summed E-state index contributed by atoms with van der Waals surface area (Å²) in [5.41, 5.74) is 11.8. The molecule has 3 unspecified atom stereocenters. The first-order chi connectivity index (χ1) is 16.0. The molecule has 174 valence electrons. The van der Waals surface area contributed by atoms with Gasteiger partial charge in [-0.05, 0) is 29.8 Å². The van der Waals surface area contributed by atoms with Gasteiger partial charge in [-0.1, -0.05) is 18.2 Å². The largest absolute Gasteiger partial charge is 0.494 e. The molecule has 2 aromatic rings. The predicted octanol–water partition coefficient (Wildman–Crippen LogP) is 0.940. The summed E-state index contributed by atoms with van der Waals surface area (Å²) in [4.78, 5) is 28.7. The molecule has 33 heavy (non-hydrogen) atoms. The van der Waals surface area contributed by atoms with Gasteiger partial charge in [0.25, 0.3) is 0 Å². The quantitative estimate of drug-likeness (QED) is 0.634. The first-order valence-corrected chi connectivity index (χ1v) is 11.0. The van der Waals surface area contributed by atoms with E-state index in [0.29, 0.717) is 13.1 Å². The van der Waals surface area contributed by atoms with Crippen molar-refractivity contribution < 1.29 is 18.7 Å². The lowest BCUT2D eigenvalue weighted by atomic mass is 9.93. The lowest BCUT2D eigenvalue weighted by Gasteiger charge is -2.37. The topological polar surface area (TPSA) is 89.2 Å². The second kappa shape index (κ2) is 8.62.